The van der Waals surface area contributed by atoms with Gasteiger partial charge in [-0.05, 0) is 31.4 Å². The van der Waals surface area contributed by atoms with Crippen molar-refractivity contribution in [2.45, 2.75) is 31.3 Å². The number of carbonyl (C=O) groups excluding carboxylic acids is 1. The number of nitrogens with zero attached hydrogens (tertiary/aromatic N) is 3. The Labute approximate surface area is 109 Å². The molecule has 1 aromatic rings. The molecule has 0 aliphatic carbocycles. The molecule has 3 rings (SSSR count). The van der Waals surface area contributed by atoms with Crippen LogP contribution in [0.25, 0.3) is 0 Å². The maximum atomic E-state index is 11.2. The number of carboxylic acids is 1. The normalized spacial score (nSPS) is 28.6. The van der Waals surface area contributed by atoms with Crippen LogP contribution in [-0.4, -0.2) is 39.3 Å². The molecule has 0 radical (unpaired) electrons. The molecule has 2 fully saturated rings. The number of carboxylic acid groups (broad SMARTS) is 1. The molecule has 0 spiro atoms. The van der Waals surface area contributed by atoms with Gasteiger partial charge in [0.25, 0.3) is 5.91 Å². The van der Waals surface area contributed by atoms with Gasteiger partial charge >= 0.3 is 5.97 Å². The fourth-order valence-corrected chi connectivity index (χ4v) is 3.21. The molecule has 2 aliphatic heterocycles. The molecule has 19 heavy (non-hydrogen) atoms. The summed E-state index contributed by atoms with van der Waals surface area (Å²) in [7, 11) is 0. The van der Waals surface area contributed by atoms with E-state index in [2.05, 4.69) is 10.2 Å². The highest BCUT2D eigenvalue weighted by Gasteiger charge is 2.49. The van der Waals surface area contributed by atoms with E-state index in [1.165, 1.54) is 6.07 Å². The summed E-state index contributed by atoms with van der Waals surface area (Å²) in [6.07, 6.45) is 2.49. The number of anilines is 1. The lowest BCUT2D eigenvalue weighted by atomic mass is 9.89. The Morgan fingerprint density at radius 3 is 2.63 bits per heavy atom. The molecule has 3 atom stereocenters. The van der Waals surface area contributed by atoms with E-state index in [0.29, 0.717) is 12.2 Å². The van der Waals surface area contributed by atoms with E-state index in [9.17, 15) is 14.7 Å². The molecule has 1 amide bonds. The van der Waals surface area contributed by atoms with Gasteiger partial charge in [0.2, 0.25) is 0 Å². The smallest absolute Gasteiger partial charge is 0.308 e. The molecule has 0 aromatic carbocycles. The molecule has 3 heterocycles. The molecule has 3 unspecified atom stereocenters. The maximum absolute atomic E-state index is 11.2. The Bertz CT molecular complexity index is 530. The van der Waals surface area contributed by atoms with Crippen molar-refractivity contribution < 1.29 is 14.7 Å². The number of aliphatic carboxylic acids is 1. The summed E-state index contributed by atoms with van der Waals surface area (Å²) in [5.74, 6) is -1.08. The molecule has 100 valence electrons. The summed E-state index contributed by atoms with van der Waals surface area (Å²) in [5.41, 5.74) is 5.23. The van der Waals surface area contributed by atoms with Crippen molar-refractivity contribution in [2.24, 2.45) is 11.7 Å². The third kappa shape index (κ3) is 1.81. The van der Waals surface area contributed by atoms with Crippen molar-refractivity contribution in [2.75, 3.05) is 4.90 Å². The number of nitrogens with two attached hydrogens (primary N) is 1. The van der Waals surface area contributed by atoms with E-state index in [1.54, 1.807) is 6.07 Å². The third-order valence-corrected chi connectivity index (χ3v) is 4.02. The lowest BCUT2D eigenvalue weighted by Gasteiger charge is -2.23. The molecular weight excluding hydrogens is 248 g/mol. The van der Waals surface area contributed by atoms with Crippen molar-refractivity contribution in [3.05, 3.63) is 17.8 Å². The molecule has 2 saturated heterocycles. The van der Waals surface area contributed by atoms with E-state index < -0.39 is 11.9 Å². The van der Waals surface area contributed by atoms with Crippen LogP contribution >= 0.6 is 0 Å². The number of rotatable bonds is 3. The largest absolute Gasteiger partial charge is 0.481 e. The van der Waals surface area contributed by atoms with E-state index >= 15 is 0 Å². The third-order valence-electron chi connectivity index (χ3n) is 4.02. The number of primary amides is 1. The Morgan fingerprint density at radius 2 is 2.11 bits per heavy atom. The summed E-state index contributed by atoms with van der Waals surface area (Å²) in [6, 6.07) is 3.40. The van der Waals surface area contributed by atoms with Crippen LogP contribution in [0, 0.1) is 5.92 Å². The zero-order valence-corrected chi connectivity index (χ0v) is 10.2. The average molecular weight is 262 g/mol. The minimum absolute atomic E-state index is 0.0174. The average Bonchev–Trinajstić information content (AvgIpc) is 2.96. The Morgan fingerprint density at radius 1 is 1.32 bits per heavy atom. The predicted molar refractivity (Wildman–Crippen MR) is 65.6 cm³/mol. The van der Waals surface area contributed by atoms with Gasteiger partial charge in [0.05, 0.1) is 5.92 Å². The van der Waals surface area contributed by atoms with Gasteiger partial charge in [-0.1, -0.05) is 0 Å². The van der Waals surface area contributed by atoms with E-state index in [-0.39, 0.29) is 23.7 Å². The minimum atomic E-state index is -0.751. The number of carbonyl (C=O) groups is 2. The lowest BCUT2D eigenvalue weighted by Crippen LogP contribution is -2.33. The first kappa shape index (κ1) is 11.9. The first-order valence-electron chi connectivity index (χ1n) is 6.22. The maximum Gasteiger partial charge on any atom is 0.308 e. The van der Waals surface area contributed by atoms with Crippen molar-refractivity contribution in [3.63, 3.8) is 0 Å². The SMILES string of the molecule is NC(=O)c1ccc(N2C3CCC2C(C(=O)O)C3)nn1. The number of amides is 1. The van der Waals surface area contributed by atoms with Crippen LogP contribution in [0.5, 0.6) is 0 Å². The Kier molecular flexibility index (Phi) is 2.62. The second-order valence-corrected chi connectivity index (χ2v) is 5.03. The Balaban J connectivity index is 1.87. The minimum Gasteiger partial charge on any atom is -0.481 e. The van der Waals surface area contributed by atoms with Crippen molar-refractivity contribution in [1.29, 1.82) is 0 Å². The molecule has 7 nitrogen and oxygen atoms in total. The quantitative estimate of drug-likeness (QED) is 0.794. The molecule has 7 heteroatoms. The van der Waals surface area contributed by atoms with Gasteiger partial charge in [0.15, 0.2) is 11.5 Å². The summed E-state index contributed by atoms with van der Waals surface area (Å²) in [6.45, 7) is 0. The van der Waals surface area contributed by atoms with Crippen molar-refractivity contribution in [1.82, 2.24) is 10.2 Å². The van der Waals surface area contributed by atoms with Gasteiger partial charge in [-0.2, -0.15) is 0 Å². The van der Waals surface area contributed by atoms with Crippen LogP contribution in [0.15, 0.2) is 12.1 Å². The summed E-state index contributed by atoms with van der Waals surface area (Å²) in [5, 5.41) is 17.0. The van der Waals surface area contributed by atoms with E-state index in [1.807, 2.05) is 4.90 Å². The van der Waals surface area contributed by atoms with Crippen molar-refractivity contribution in [3.8, 4) is 0 Å². The van der Waals surface area contributed by atoms with Gasteiger partial charge in [0, 0.05) is 12.1 Å². The van der Waals surface area contributed by atoms with Gasteiger partial charge in [-0.25, -0.2) is 0 Å². The number of aromatic nitrogens is 2. The second kappa shape index (κ2) is 4.18. The van der Waals surface area contributed by atoms with Crippen LogP contribution in [0.2, 0.25) is 0 Å². The van der Waals surface area contributed by atoms with E-state index in [0.717, 1.165) is 12.8 Å². The second-order valence-electron chi connectivity index (χ2n) is 5.03. The fourth-order valence-electron chi connectivity index (χ4n) is 3.21. The lowest BCUT2D eigenvalue weighted by molar-refractivity contribution is -0.142. The molecule has 2 bridgehead atoms. The highest BCUT2D eigenvalue weighted by Crippen LogP contribution is 2.43. The summed E-state index contributed by atoms with van der Waals surface area (Å²) >= 11 is 0. The highest BCUT2D eigenvalue weighted by molar-refractivity contribution is 5.90. The summed E-state index contributed by atoms with van der Waals surface area (Å²) < 4.78 is 0. The zero-order valence-electron chi connectivity index (χ0n) is 10.2. The number of fused-ring (bicyclic) bond motifs is 2. The summed E-state index contributed by atoms with van der Waals surface area (Å²) in [4.78, 5) is 24.2. The van der Waals surface area contributed by atoms with Crippen LogP contribution < -0.4 is 10.6 Å². The Hall–Kier alpha value is -2.18. The highest BCUT2D eigenvalue weighted by atomic mass is 16.4. The molecule has 0 saturated carbocycles. The van der Waals surface area contributed by atoms with Crippen LogP contribution in [0.3, 0.4) is 0 Å². The standard InChI is InChI=1S/C12H14N4O3/c13-11(17)8-2-4-10(15-14-8)16-6-1-3-9(16)7(5-6)12(18)19/h2,4,6-7,9H,1,3,5H2,(H2,13,17)(H,18,19). The van der Waals surface area contributed by atoms with Gasteiger partial charge in [0.1, 0.15) is 0 Å². The zero-order chi connectivity index (χ0) is 13.6. The van der Waals surface area contributed by atoms with Crippen LogP contribution in [0.1, 0.15) is 29.8 Å². The topological polar surface area (TPSA) is 109 Å². The molecule has 1 aromatic heterocycles. The monoisotopic (exact) mass is 262 g/mol. The van der Waals surface area contributed by atoms with Crippen molar-refractivity contribution >= 4 is 17.7 Å². The first-order valence-corrected chi connectivity index (χ1v) is 6.22. The van der Waals surface area contributed by atoms with E-state index in [4.69, 9.17) is 5.73 Å². The molecule has 3 N–H and O–H groups in total. The number of hydrogen-bond acceptors (Lipinski definition) is 5. The first-order chi connectivity index (χ1) is 9.08. The van der Waals surface area contributed by atoms with Crippen LogP contribution in [-0.2, 0) is 4.79 Å². The molecular formula is C12H14N4O3. The van der Waals surface area contributed by atoms with Gasteiger partial charge in [-0.15, -0.1) is 10.2 Å². The van der Waals surface area contributed by atoms with Crippen LogP contribution in [0.4, 0.5) is 5.82 Å². The predicted octanol–water partition coefficient (Wildman–Crippen LogP) is 0.0174. The van der Waals surface area contributed by atoms with Gasteiger partial charge < -0.3 is 15.7 Å². The number of hydrogen-bond donors (Lipinski definition) is 2. The molecule has 2 aliphatic rings. The fraction of sp³-hybridized carbons (Fsp3) is 0.500. The van der Waals surface area contributed by atoms with Gasteiger partial charge in [-0.3, -0.25) is 9.59 Å².